The molecule has 0 aromatic carbocycles. The lowest BCUT2D eigenvalue weighted by atomic mass is 10.2. The molecule has 1 aromatic rings. The Balaban J connectivity index is 3.27. The van der Waals surface area contributed by atoms with Crippen LogP contribution in [0.4, 0.5) is 14.5 Å². The first kappa shape index (κ1) is 10.1. The summed E-state index contributed by atoms with van der Waals surface area (Å²) in [5.41, 5.74) is 10.5. The lowest BCUT2D eigenvalue weighted by Crippen LogP contribution is -2.07. The highest BCUT2D eigenvalue weighted by Gasteiger charge is 2.16. The molecule has 0 radical (unpaired) electrons. The van der Waals surface area contributed by atoms with E-state index in [1.165, 1.54) is 6.07 Å². The monoisotopic (exact) mass is 207 g/mol. The van der Waals surface area contributed by atoms with E-state index in [9.17, 15) is 8.78 Å². The van der Waals surface area contributed by atoms with Crippen LogP contribution in [0.3, 0.4) is 0 Å². The van der Waals surface area contributed by atoms with Gasteiger partial charge in [-0.2, -0.15) is 0 Å². The van der Waals surface area contributed by atoms with Gasteiger partial charge >= 0.3 is 0 Å². The number of anilines is 1. The largest absolute Gasteiger partial charge is 0.397 e. The summed E-state index contributed by atoms with van der Waals surface area (Å²) in [6, 6.07) is 1.38. The van der Waals surface area contributed by atoms with Gasteiger partial charge in [-0.3, -0.25) is 0 Å². The molecule has 1 heterocycles. The summed E-state index contributed by atoms with van der Waals surface area (Å²) >= 11 is 5.49. The molecule has 0 bridgehead atoms. The second-order valence-electron chi connectivity index (χ2n) is 2.41. The van der Waals surface area contributed by atoms with Crippen molar-refractivity contribution in [2.24, 2.45) is 5.73 Å². The molecule has 0 fully saturated rings. The number of alkyl halides is 2. The molecular weight excluding hydrogens is 200 g/mol. The van der Waals surface area contributed by atoms with Crippen molar-refractivity contribution in [2.75, 3.05) is 5.73 Å². The highest BCUT2D eigenvalue weighted by Crippen LogP contribution is 2.27. The highest BCUT2D eigenvalue weighted by molar-refractivity contribution is 6.29. The predicted octanol–water partition coefficient (Wildman–Crippen LogP) is 1.71. The quantitative estimate of drug-likeness (QED) is 0.726. The second-order valence-corrected chi connectivity index (χ2v) is 2.80. The average molecular weight is 208 g/mol. The van der Waals surface area contributed by atoms with Crippen LogP contribution in [0, 0.1) is 0 Å². The van der Waals surface area contributed by atoms with Gasteiger partial charge < -0.3 is 11.5 Å². The Labute approximate surface area is 78.7 Å². The third-order valence-electron chi connectivity index (χ3n) is 1.57. The van der Waals surface area contributed by atoms with Gasteiger partial charge in [0.2, 0.25) is 0 Å². The van der Waals surface area contributed by atoms with Crippen LogP contribution in [0.15, 0.2) is 6.07 Å². The van der Waals surface area contributed by atoms with Crippen LogP contribution in [0.1, 0.15) is 17.7 Å². The maximum atomic E-state index is 12.3. The van der Waals surface area contributed by atoms with Crippen LogP contribution < -0.4 is 11.5 Å². The molecule has 13 heavy (non-hydrogen) atoms. The van der Waals surface area contributed by atoms with Gasteiger partial charge in [-0.25, -0.2) is 13.8 Å². The van der Waals surface area contributed by atoms with Gasteiger partial charge in [0.05, 0.1) is 5.69 Å². The zero-order valence-corrected chi connectivity index (χ0v) is 7.35. The molecule has 0 saturated carbocycles. The Bertz CT molecular complexity index is 317. The second kappa shape index (κ2) is 3.85. The molecule has 1 rings (SSSR count). The molecule has 0 aliphatic rings. The van der Waals surface area contributed by atoms with Crippen molar-refractivity contribution >= 4 is 17.3 Å². The number of hydrogen-bond acceptors (Lipinski definition) is 3. The zero-order chi connectivity index (χ0) is 10.0. The van der Waals surface area contributed by atoms with Crippen LogP contribution in [-0.4, -0.2) is 4.98 Å². The van der Waals surface area contributed by atoms with Crippen molar-refractivity contribution < 1.29 is 8.78 Å². The van der Waals surface area contributed by atoms with E-state index in [-0.39, 0.29) is 17.4 Å². The molecule has 1 aromatic heterocycles. The van der Waals surface area contributed by atoms with Crippen LogP contribution in [0.2, 0.25) is 5.15 Å². The lowest BCUT2D eigenvalue weighted by Gasteiger charge is -2.08. The number of aromatic nitrogens is 1. The van der Waals surface area contributed by atoms with E-state index in [1.54, 1.807) is 0 Å². The first-order valence-electron chi connectivity index (χ1n) is 3.49. The van der Waals surface area contributed by atoms with E-state index in [4.69, 9.17) is 23.1 Å². The first-order chi connectivity index (χ1) is 6.06. The number of hydrogen-bond donors (Lipinski definition) is 2. The minimum atomic E-state index is -2.73. The fourth-order valence-corrected chi connectivity index (χ4v) is 1.15. The smallest absolute Gasteiger partial charge is 0.282 e. The molecule has 72 valence electrons. The predicted molar refractivity (Wildman–Crippen MR) is 46.5 cm³/mol. The third-order valence-corrected chi connectivity index (χ3v) is 1.76. The Morgan fingerprint density at radius 2 is 2.15 bits per heavy atom. The van der Waals surface area contributed by atoms with Crippen molar-refractivity contribution in [1.29, 1.82) is 0 Å². The summed E-state index contributed by atoms with van der Waals surface area (Å²) in [6.45, 7) is 0.0633. The molecule has 0 aliphatic carbocycles. The summed E-state index contributed by atoms with van der Waals surface area (Å²) < 4.78 is 24.6. The van der Waals surface area contributed by atoms with Crippen LogP contribution in [0.25, 0.3) is 0 Å². The highest BCUT2D eigenvalue weighted by atomic mass is 35.5. The number of halogens is 3. The molecule has 4 N–H and O–H groups in total. The topological polar surface area (TPSA) is 64.9 Å². The van der Waals surface area contributed by atoms with E-state index in [2.05, 4.69) is 4.98 Å². The number of rotatable bonds is 2. The fraction of sp³-hybridized carbons (Fsp3) is 0.286. The molecule has 6 heteroatoms. The van der Waals surface area contributed by atoms with Crippen LogP contribution >= 0.6 is 11.6 Å². The van der Waals surface area contributed by atoms with Crippen molar-refractivity contribution in [3.63, 3.8) is 0 Å². The summed E-state index contributed by atoms with van der Waals surface area (Å²) in [5, 5.41) is -0.0232. The van der Waals surface area contributed by atoms with E-state index >= 15 is 0 Å². The summed E-state index contributed by atoms with van der Waals surface area (Å²) in [5.74, 6) is 0. The maximum absolute atomic E-state index is 12.3. The van der Waals surface area contributed by atoms with Gasteiger partial charge in [0.25, 0.3) is 6.43 Å². The van der Waals surface area contributed by atoms with Crippen molar-refractivity contribution in [1.82, 2.24) is 4.98 Å². The molecule has 3 nitrogen and oxygen atoms in total. The van der Waals surface area contributed by atoms with Gasteiger partial charge in [-0.15, -0.1) is 0 Å². The number of nitrogens with two attached hydrogens (primary N) is 2. The Morgan fingerprint density at radius 3 is 2.62 bits per heavy atom. The Morgan fingerprint density at radius 1 is 1.54 bits per heavy atom. The lowest BCUT2D eigenvalue weighted by molar-refractivity contribution is 0.147. The third kappa shape index (κ3) is 2.05. The molecule has 0 saturated heterocycles. The van der Waals surface area contributed by atoms with Gasteiger partial charge in [0.1, 0.15) is 10.8 Å². The van der Waals surface area contributed by atoms with E-state index in [1.807, 2.05) is 0 Å². The molecule has 0 atom stereocenters. The Kier molecular flexibility index (Phi) is 3.00. The van der Waals surface area contributed by atoms with E-state index in [0.717, 1.165) is 0 Å². The SMILES string of the molecule is NCc1cc(Cl)nc(C(F)F)c1N. The van der Waals surface area contributed by atoms with Gasteiger partial charge in [-0.05, 0) is 11.6 Å². The molecule has 0 aliphatic heterocycles. The minimum Gasteiger partial charge on any atom is -0.397 e. The number of nitrogens with zero attached hydrogens (tertiary/aromatic N) is 1. The molecular formula is C7H8ClF2N3. The van der Waals surface area contributed by atoms with Gasteiger partial charge in [0, 0.05) is 6.54 Å². The zero-order valence-electron chi connectivity index (χ0n) is 6.60. The van der Waals surface area contributed by atoms with Crippen molar-refractivity contribution in [3.8, 4) is 0 Å². The molecule has 0 unspecified atom stereocenters. The Hall–Kier alpha value is -0.940. The van der Waals surface area contributed by atoms with Gasteiger partial charge in [0.15, 0.2) is 0 Å². The first-order valence-corrected chi connectivity index (χ1v) is 3.87. The normalized spacial score (nSPS) is 10.8. The molecule has 0 amide bonds. The average Bonchev–Trinajstić information content (AvgIpc) is 2.08. The maximum Gasteiger partial charge on any atom is 0.282 e. The summed E-state index contributed by atoms with van der Waals surface area (Å²) in [4.78, 5) is 3.42. The summed E-state index contributed by atoms with van der Waals surface area (Å²) in [7, 11) is 0. The van der Waals surface area contributed by atoms with Crippen molar-refractivity contribution in [2.45, 2.75) is 13.0 Å². The summed E-state index contributed by atoms with van der Waals surface area (Å²) in [6.07, 6.45) is -2.73. The van der Waals surface area contributed by atoms with Gasteiger partial charge in [-0.1, -0.05) is 11.6 Å². The number of pyridine rings is 1. The van der Waals surface area contributed by atoms with E-state index in [0.29, 0.717) is 5.56 Å². The van der Waals surface area contributed by atoms with Crippen LogP contribution in [-0.2, 0) is 6.54 Å². The minimum absolute atomic E-state index is 0.0232. The van der Waals surface area contributed by atoms with E-state index < -0.39 is 12.1 Å². The number of nitrogen functional groups attached to an aromatic ring is 1. The standard InChI is InChI=1S/C7H8ClF2N3/c8-4-1-3(2-11)5(12)6(13-4)7(9)10/h1,7H,2,11-12H2. The van der Waals surface area contributed by atoms with Crippen LogP contribution in [0.5, 0.6) is 0 Å². The van der Waals surface area contributed by atoms with Crippen molar-refractivity contribution in [3.05, 3.63) is 22.5 Å². The fourth-order valence-electron chi connectivity index (χ4n) is 0.929. The molecule has 0 spiro atoms.